The van der Waals surface area contributed by atoms with E-state index in [4.69, 9.17) is 11.6 Å². The van der Waals surface area contributed by atoms with E-state index < -0.39 is 6.04 Å². The van der Waals surface area contributed by atoms with Gasteiger partial charge in [0.15, 0.2) is 0 Å². The highest BCUT2D eigenvalue weighted by Crippen LogP contribution is 2.35. The second-order valence-electron chi connectivity index (χ2n) is 6.18. The maximum absolute atomic E-state index is 12.9. The third-order valence-corrected chi connectivity index (χ3v) is 5.56. The van der Waals surface area contributed by atoms with E-state index in [9.17, 15) is 14.4 Å². The van der Waals surface area contributed by atoms with Gasteiger partial charge in [0, 0.05) is 11.1 Å². The van der Waals surface area contributed by atoms with Crippen molar-refractivity contribution in [1.82, 2.24) is 4.90 Å². The summed E-state index contributed by atoms with van der Waals surface area (Å²) in [7, 11) is 0. The first-order chi connectivity index (χ1) is 12.1. The Balaban J connectivity index is 1.63. The molecule has 2 heterocycles. The lowest BCUT2D eigenvalue weighted by atomic mass is 10.2. The molecular weight excluding hydrogens is 360 g/mol. The molecule has 0 radical (unpaired) electrons. The molecule has 128 valence electrons. The molecule has 0 N–H and O–H groups in total. The van der Waals surface area contributed by atoms with Crippen LogP contribution in [0.5, 0.6) is 0 Å². The van der Waals surface area contributed by atoms with Gasteiger partial charge < -0.3 is 4.90 Å². The largest absolute Gasteiger partial charge is 0.322 e. The van der Waals surface area contributed by atoms with Crippen molar-refractivity contribution in [3.8, 4) is 0 Å². The lowest BCUT2D eigenvalue weighted by Gasteiger charge is -2.27. The van der Waals surface area contributed by atoms with Crippen LogP contribution in [0.2, 0.25) is 5.02 Å². The molecule has 1 aliphatic heterocycles. The number of thiophene rings is 1. The summed E-state index contributed by atoms with van der Waals surface area (Å²) in [5.74, 6) is -0.798. The van der Waals surface area contributed by atoms with Gasteiger partial charge in [0.05, 0.1) is 17.0 Å². The number of hydrogen-bond donors (Lipinski definition) is 0. The van der Waals surface area contributed by atoms with Gasteiger partial charge in [-0.25, -0.2) is 4.90 Å². The zero-order valence-electron chi connectivity index (χ0n) is 13.2. The highest BCUT2D eigenvalue weighted by Gasteiger charge is 2.49. The summed E-state index contributed by atoms with van der Waals surface area (Å²) in [6.07, 6.45) is 1.77. The van der Waals surface area contributed by atoms with Gasteiger partial charge in [-0.2, -0.15) is 0 Å². The molecule has 1 aromatic heterocycles. The summed E-state index contributed by atoms with van der Waals surface area (Å²) in [6, 6.07) is 9.43. The number of halogens is 1. The smallest absolute Gasteiger partial charge is 0.264 e. The van der Waals surface area contributed by atoms with Crippen LogP contribution >= 0.6 is 22.9 Å². The zero-order valence-corrected chi connectivity index (χ0v) is 14.8. The fourth-order valence-electron chi connectivity index (χ4n) is 3.14. The molecule has 2 aromatic rings. The predicted molar refractivity (Wildman–Crippen MR) is 95.9 cm³/mol. The van der Waals surface area contributed by atoms with Crippen molar-refractivity contribution in [1.29, 1.82) is 0 Å². The van der Waals surface area contributed by atoms with Crippen LogP contribution < -0.4 is 4.90 Å². The minimum absolute atomic E-state index is 0.0229. The number of benzene rings is 1. The average molecular weight is 375 g/mol. The molecule has 5 nitrogen and oxygen atoms in total. The molecule has 1 unspecified atom stereocenters. The summed E-state index contributed by atoms with van der Waals surface area (Å²) in [4.78, 5) is 41.6. The monoisotopic (exact) mass is 374 g/mol. The lowest BCUT2D eigenvalue weighted by Crippen LogP contribution is -2.46. The first kappa shape index (κ1) is 16.3. The summed E-state index contributed by atoms with van der Waals surface area (Å²) >= 11 is 7.23. The molecule has 1 saturated carbocycles. The first-order valence-electron chi connectivity index (χ1n) is 8.05. The van der Waals surface area contributed by atoms with Crippen LogP contribution in [0.3, 0.4) is 0 Å². The minimum atomic E-state index is -0.731. The number of nitrogens with zero attached hydrogens (tertiary/aromatic N) is 2. The van der Waals surface area contributed by atoms with Crippen molar-refractivity contribution in [2.45, 2.75) is 31.3 Å². The summed E-state index contributed by atoms with van der Waals surface area (Å²) < 4.78 is 0. The average Bonchev–Trinajstić information content (AvgIpc) is 3.18. The van der Waals surface area contributed by atoms with Crippen LogP contribution in [0.25, 0.3) is 0 Å². The van der Waals surface area contributed by atoms with Crippen molar-refractivity contribution in [3.63, 3.8) is 0 Å². The normalized spacial score (nSPS) is 20.2. The van der Waals surface area contributed by atoms with Gasteiger partial charge in [0.1, 0.15) is 6.04 Å². The number of imide groups is 1. The molecule has 2 fully saturated rings. The SMILES string of the molecule is O=C1CC(N(C(=O)c2cccs2)C2CC2)C(=O)N1c1ccc(Cl)cc1. The standard InChI is InChI=1S/C18H15ClN2O3S/c19-11-3-5-13(6-4-11)21-16(22)10-14(17(21)23)20(12-7-8-12)18(24)15-2-1-9-25-15/h1-6,9,12,14H,7-8,10H2. The van der Waals surface area contributed by atoms with E-state index in [1.165, 1.54) is 11.3 Å². The van der Waals surface area contributed by atoms with Crippen molar-refractivity contribution < 1.29 is 14.4 Å². The van der Waals surface area contributed by atoms with Gasteiger partial charge in [-0.15, -0.1) is 11.3 Å². The Bertz CT molecular complexity index is 831. The van der Waals surface area contributed by atoms with E-state index >= 15 is 0 Å². The molecule has 1 aromatic carbocycles. The van der Waals surface area contributed by atoms with Gasteiger partial charge in [-0.05, 0) is 48.6 Å². The topological polar surface area (TPSA) is 57.7 Å². The molecule has 25 heavy (non-hydrogen) atoms. The fraction of sp³-hybridized carbons (Fsp3) is 0.278. The van der Waals surface area contributed by atoms with Crippen LogP contribution in [0.1, 0.15) is 28.9 Å². The Hall–Kier alpha value is -2.18. The molecular formula is C18H15ClN2O3S. The summed E-state index contributed by atoms with van der Waals surface area (Å²) in [5.41, 5.74) is 0.487. The Morgan fingerprint density at radius 2 is 1.88 bits per heavy atom. The van der Waals surface area contributed by atoms with Crippen LogP contribution in [-0.4, -0.2) is 34.7 Å². The first-order valence-corrected chi connectivity index (χ1v) is 9.30. The highest BCUT2D eigenvalue weighted by molar-refractivity contribution is 7.12. The van der Waals surface area contributed by atoms with Gasteiger partial charge in [0.25, 0.3) is 11.8 Å². The van der Waals surface area contributed by atoms with E-state index in [0.29, 0.717) is 15.6 Å². The van der Waals surface area contributed by atoms with E-state index in [0.717, 1.165) is 17.7 Å². The van der Waals surface area contributed by atoms with Crippen molar-refractivity contribution in [2.24, 2.45) is 0 Å². The van der Waals surface area contributed by atoms with Gasteiger partial charge >= 0.3 is 0 Å². The Morgan fingerprint density at radius 1 is 1.16 bits per heavy atom. The van der Waals surface area contributed by atoms with Crippen molar-refractivity contribution >= 4 is 46.3 Å². The molecule has 3 amide bonds. The van der Waals surface area contributed by atoms with E-state index in [1.54, 1.807) is 35.2 Å². The number of hydrogen-bond acceptors (Lipinski definition) is 4. The Morgan fingerprint density at radius 3 is 2.48 bits per heavy atom. The maximum Gasteiger partial charge on any atom is 0.264 e. The predicted octanol–water partition coefficient (Wildman–Crippen LogP) is 3.34. The second kappa shape index (κ2) is 6.28. The molecule has 1 aliphatic carbocycles. The van der Waals surface area contributed by atoms with Crippen LogP contribution in [0, 0.1) is 0 Å². The molecule has 1 atom stereocenters. The number of carbonyl (C=O) groups is 3. The number of amides is 3. The Kier molecular flexibility index (Phi) is 4.09. The fourth-order valence-corrected chi connectivity index (χ4v) is 3.93. The third-order valence-electron chi connectivity index (χ3n) is 4.45. The van der Waals surface area contributed by atoms with Crippen LogP contribution in [-0.2, 0) is 9.59 Å². The van der Waals surface area contributed by atoms with Crippen molar-refractivity contribution in [3.05, 3.63) is 51.7 Å². The van der Waals surface area contributed by atoms with Gasteiger partial charge in [-0.1, -0.05) is 17.7 Å². The maximum atomic E-state index is 12.9. The molecule has 0 bridgehead atoms. The van der Waals surface area contributed by atoms with Crippen LogP contribution in [0.4, 0.5) is 5.69 Å². The quantitative estimate of drug-likeness (QED) is 0.771. The van der Waals surface area contributed by atoms with E-state index in [1.807, 2.05) is 11.4 Å². The molecule has 2 aliphatic rings. The summed E-state index contributed by atoms with van der Waals surface area (Å²) in [6.45, 7) is 0. The molecule has 4 rings (SSSR count). The number of anilines is 1. The lowest BCUT2D eigenvalue weighted by molar-refractivity contribution is -0.122. The molecule has 7 heteroatoms. The highest BCUT2D eigenvalue weighted by atomic mass is 35.5. The minimum Gasteiger partial charge on any atom is -0.322 e. The zero-order chi connectivity index (χ0) is 17.6. The molecule has 0 spiro atoms. The Labute approximate surface area is 153 Å². The van der Waals surface area contributed by atoms with E-state index in [-0.39, 0.29) is 30.2 Å². The number of rotatable bonds is 4. The number of carbonyl (C=O) groups excluding carboxylic acids is 3. The van der Waals surface area contributed by atoms with Gasteiger partial charge in [0.2, 0.25) is 5.91 Å². The summed E-state index contributed by atoms with van der Waals surface area (Å²) in [5, 5.41) is 2.37. The third kappa shape index (κ3) is 2.96. The van der Waals surface area contributed by atoms with Gasteiger partial charge in [-0.3, -0.25) is 14.4 Å². The molecule has 1 saturated heterocycles. The van der Waals surface area contributed by atoms with Crippen molar-refractivity contribution in [2.75, 3.05) is 4.90 Å². The second-order valence-corrected chi connectivity index (χ2v) is 7.57. The van der Waals surface area contributed by atoms with E-state index in [2.05, 4.69) is 0 Å². The van der Waals surface area contributed by atoms with Crippen LogP contribution in [0.15, 0.2) is 41.8 Å².